The Morgan fingerprint density at radius 1 is 1.19 bits per heavy atom. The van der Waals surface area contributed by atoms with Gasteiger partial charge in [0.15, 0.2) is 0 Å². The minimum Gasteiger partial charge on any atom is -0.497 e. The fraction of sp³-hybridized carbons (Fsp3) is 0.133. The van der Waals surface area contributed by atoms with Crippen LogP contribution in [0, 0.1) is 0 Å². The molecular weight excluding hydrogens is 313 g/mol. The molecule has 0 bridgehead atoms. The summed E-state index contributed by atoms with van der Waals surface area (Å²) >= 11 is 12.2. The fourth-order valence-corrected chi connectivity index (χ4v) is 2.26. The van der Waals surface area contributed by atoms with Crippen molar-refractivity contribution in [2.24, 2.45) is 5.16 Å². The van der Waals surface area contributed by atoms with Crippen LogP contribution in [0.1, 0.15) is 11.1 Å². The summed E-state index contributed by atoms with van der Waals surface area (Å²) in [5, 5.41) is 12.8. The highest BCUT2D eigenvalue weighted by Crippen LogP contribution is 2.28. The van der Waals surface area contributed by atoms with E-state index in [-0.39, 0.29) is 6.61 Å². The number of hydrogen-bond donors (Lipinski definition) is 1. The molecule has 0 aliphatic carbocycles. The first-order valence-electron chi connectivity index (χ1n) is 6.07. The second-order valence-electron chi connectivity index (χ2n) is 4.14. The molecule has 0 heterocycles. The van der Waals surface area contributed by atoms with Gasteiger partial charge < -0.3 is 14.7 Å². The van der Waals surface area contributed by atoms with Crippen LogP contribution in [0.3, 0.4) is 0 Å². The number of rotatable bonds is 5. The van der Waals surface area contributed by atoms with E-state index in [0.717, 1.165) is 0 Å². The van der Waals surface area contributed by atoms with E-state index >= 15 is 0 Å². The molecule has 0 saturated heterocycles. The maximum Gasteiger partial charge on any atom is 0.132 e. The van der Waals surface area contributed by atoms with E-state index in [1.807, 2.05) is 0 Å². The van der Waals surface area contributed by atoms with Crippen molar-refractivity contribution in [2.75, 3.05) is 7.11 Å². The largest absolute Gasteiger partial charge is 0.497 e. The molecule has 0 aromatic heterocycles. The summed E-state index contributed by atoms with van der Waals surface area (Å²) in [6.07, 6.45) is 1.28. The Kier molecular flexibility index (Phi) is 5.31. The normalized spacial score (nSPS) is 10.8. The van der Waals surface area contributed by atoms with Gasteiger partial charge in [0.05, 0.1) is 13.3 Å². The summed E-state index contributed by atoms with van der Waals surface area (Å²) < 4.78 is 10.9. The minimum absolute atomic E-state index is 0.192. The Labute approximate surface area is 132 Å². The molecule has 0 aliphatic heterocycles. The van der Waals surface area contributed by atoms with Gasteiger partial charge in [0.2, 0.25) is 0 Å². The summed E-state index contributed by atoms with van der Waals surface area (Å²) in [7, 11) is 1.56. The van der Waals surface area contributed by atoms with Gasteiger partial charge in [-0.3, -0.25) is 0 Å². The molecule has 6 heteroatoms. The molecule has 0 amide bonds. The van der Waals surface area contributed by atoms with Crippen LogP contribution in [0.5, 0.6) is 11.5 Å². The SMILES string of the molecule is COc1ccc(C=NO)c(OCc2c(Cl)cccc2Cl)c1. The lowest BCUT2D eigenvalue weighted by Gasteiger charge is -2.12. The van der Waals surface area contributed by atoms with Gasteiger partial charge in [-0.2, -0.15) is 0 Å². The first-order chi connectivity index (χ1) is 10.2. The van der Waals surface area contributed by atoms with Crippen molar-refractivity contribution in [3.63, 3.8) is 0 Å². The Morgan fingerprint density at radius 3 is 2.52 bits per heavy atom. The van der Waals surface area contributed by atoms with Crippen molar-refractivity contribution in [3.8, 4) is 11.5 Å². The average Bonchev–Trinajstić information content (AvgIpc) is 2.48. The molecule has 0 saturated carbocycles. The summed E-state index contributed by atoms with van der Waals surface area (Å²) in [6, 6.07) is 10.4. The lowest BCUT2D eigenvalue weighted by atomic mass is 10.2. The predicted molar refractivity (Wildman–Crippen MR) is 83.2 cm³/mol. The van der Waals surface area contributed by atoms with Crippen LogP contribution in [0.2, 0.25) is 10.0 Å². The third-order valence-corrected chi connectivity index (χ3v) is 3.56. The summed E-state index contributed by atoms with van der Waals surface area (Å²) in [6.45, 7) is 0.192. The highest BCUT2D eigenvalue weighted by molar-refractivity contribution is 6.35. The van der Waals surface area contributed by atoms with Gasteiger partial charge in [0.1, 0.15) is 18.1 Å². The van der Waals surface area contributed by atoms with Crippen molar-refractivity contribution >= 4 is 29.4 Å². The summed E-state index contributed by atoms with van der Waals surface area (Å²) in [4.78, 5) is 0. The molecule has 0 fully saturated rings. The molecule has 1 N–H and O–H groups in total. The number of nitrogens with zero attached hydrogens (tertiary/aromatic N) is 1. The van der Waals surface area contributed by atoms with Gasteiger partial charge in [-0.15, -0.1) is 0 Å². The molecule has 0 aliphatic rings. The van der Waals surface area contributed by atoms with E-state index in [1.54, 1.807) is 43.5 Å². The molecular formula is C15H13Cl2NO3. The quantitative estimate of drug-likeness (QED) is 0.504. The van der Waals surface area contributed by atoms with Crippen LogP contribution in [-0.4, -0.2) is 18.5 Å². The number of ether oxygens (including phenoxy) is 2. The van der Waals surface area contributed by atoms with Crippen LogP contribution in [0.15, 0.2) is 41.6 Å². The zero-order valence-corrected chi connectivity index (χ0v) is 12.7. The number of benzene rings is 2. The topological polar surface area (TPSA) is 51.0 Å². The minimum atomic E-state index is 0.192. The van der Waals surface area contributed by atoms with E-state index in [4.69, 9.17) is 37.9 Å². The lowest BCUT2D eigenvalue weighted by molar-refractivity contribution is 0.302. The van der Waals surface area contributed by atoms with E-state index in [0.29, 0.717) is 32.7 Å². The Bertz CT molecular complexity index is 639. The molecule has 2 aromatic carbocycles. The van der Waals surface area contributed by atoms with Gasteiger partial charge >= 0.3 is 0 Å². The van der Waals surface area contributed by atoms with Gasteiger partial charge in [0.25, 0.3) is 0 Å². The molecule has 0 spiro atoms. The van der Waals surface area contributed by atoms with E-state index in [2.05, 4.69) is 5.16 Å². The lowest BCUT2D eigenvalue weighted by Crippen LogP contribution is -2.00. The van der Waals surface area contributed by atoms with Crippen LogP contribution < -0.4 is 9.47 Å². The van der Waals surface area contributed by atoms with Crippen molar-refractivity contribution in [1.29, 1.82) is 0 Å². The van der Waals surface area contributed by atoms with E-state index < -0.39 is 0 Å². The smallest absolute Gasteiger partial charge is 0.132 e. The third kappa shape index (κ3) is 3.80. The van der Waals surface area contributed by atoms with E-state index in [1.165, 1.54) is 6.21 Å². The fourth-order valence-electron chi connectivity index (χ4n) is 1.76. The highest BCUT2D eigenvalue weighted by Gasteiger charge is 2.09. The second kappa shape index (κ2) is 7.20. The second-order valence-corrected chi connectivity index (χ2v) is 4.95. The monoisotopic (exact) mass is 325 g/mol. The van der Waals surface area contributed by atoms with Gasteiger partial charge in [-0.05, 0) is 24.3 Å². The molecule has 2 aromatic rings. The van der Waals surface area contributed by atoms with Gasteiger partial charge in [0, 0.05) is 27.2 Å². The van der Waals surface area contributed by atoms with Crippen LogP contribution in [0.4, 0.5) is 0 Å². The van der Waals surface area contributed by atoms with Gasteiger partial charge in [-0.25, -0.2) is 0 Å². The van der Waals surface area contributed by atoms with Crippen molar-refractivity contribution < 1.29 is 14.7 Å². The van der Waals surface area contributed by atoms with E-state index in [9.17, 15) is 0 Å². The maximum absolute atomic E-state index is 8.68. The summed E-state index contributed by atoms with van der Waals surface area (Å²) in [5.74, 6) is 1.13. The highest BCUT2D eigenvalue weighted by atomic mass is 35.5. The number of oxime groups is 1. The number of hydrogen-bond acceptors (Lipinski definition) is 4. The zero-order chi connectivity index (χ0) is 15.2. The number of methoxy groups -OCH3 is 1. The average molecular weight is 326 g/mol. The third-order valence-electron chi connectivity index (χ3n) is 2.85. The maximum atomic E-state index is 8.68. The predicted octanol–water partition coefficient (Wildman–Crippen LogP) is 4.39. The summed E-state index contributed by atoms with van der Waals surface area (Å²) in [5.41, 5.74) is 1.30. The zero-order valence-electron chi connectivity index (χ0n) is 11.2. The number of halogens is 2. The van der Waals surface area contributed by atoms with Crippen molar-refractivity contribution in [2.45, 2.75) is 6.61 Å². The standard InChI is InChI=1S/C15H13Cl2NO3/c1-20-11-6-5-10(8-18-19)15(7-11)21-9-12-13(16)3-2-4-14(12)17/h2-8,19H,9H2,1H3. The molecule has 110 valence electrons. The molecule has 0 radical (unpaired) electrons. The van der Waals surface area contributed by atoms with Crippen LogP contribution in [-0.2, 0) is 6.61 Å². The Hall–Kier alpha value is -1.91. The van der Waals surface area contributed by atoms with Gasteiger partial charge in [-0.1, -0.05) is 34.4 Å². The Morgan fingerprint density at radius 2 is 1.90 bits per heavy atom. The Balaban J connectivity index is 2.26. The molecule has 4 nitrogen and oxygen atoms in total. The first kappa shape index (κ1) is 15.5. The molecule has 0 unspecified atom stereocenters. The molecule has 21 heavy (non-hydrogen) atoms. The molecule has 0 atom stereocenters. The van der Waals surface area contributed by atoms with Crippen molar-refractivity contribution in [3.05, 3.63) is 57.6 Å². The van der Waals surface area contributed by atoms with Crippen molar-refractivity contribution in [1.82, 2.24) is 0 Å². The van der Waals surface area contributed by atoms with Crippen LogP contribution in [0.25, 0.3) is 0 Å². The van der Waals surface area contributed by atoms with Crippen LogP contribution >= 0.6 is 23.2 Å². The molecule has 2 rings (SSSR count). The first-order valence-corrected chi connectivity index (χ1v) is 6.82.